The number of hydrogen-bond donors (Lipinski definition) is 2. The van der Waals surface area contributed by atoms with Crippen LogP contribution in [0.3, 0.4) is 0 Å². The second kappa shape index (κ2) is 5.70. The molecule has 0 aromatic heterocycles. The molecule has 1 fully saturated rings. The lowest BCUT2D eigenvalue weighted by molar-refractivity contribution is -0.138. The van der Waals surface area contributed by atoms with Crippen LogP contribution >= 0.6 is 0 Å². The summed E-state index contributed by atoms with van der Waals surface area (Å²) in [5.74, 6) is -0.414. The third-order valence-electron chi connectivity index (χ3n) is 2.60. The Balaban J connectivity index is 2.28. The van der Waals surface area contributed by atoms with Crippen molar-refractivity contribution in [3.05, 3.63) is 0 Å². The Morgan fingerprint density at radius 3 is 2.87 bits per heavy atom. The van der Waals surface area contributed by atoms with Gasteiger partial charge in [0.25, 0.3) is 0 Å². The third-order valence-corrected chi connectivity index (χ3v) is 2.60. The molecule has 1 amide bonds. The summed E-state index contributed by atoms with van der Waals surface area (Å²) in [5, 5.41) is 11.4. The van der Waals surface area contributed by atoms with E-state index in [0.717, 1.165) is 25.9 Å². The predicted octanol–water partition coefficient (Wildman–Crippen LogP) is -0.0809. The first-order chi connectivity index (χ1) is 7.08. The molecular formula is C10H18N2O3. The number of piperidine rings is 1. The second-order valence-corrected chi connectivity index (χ2v) is 4.07. The van der Waals surface area contributed by atoms with Crippen LogP contribution in [0.25, 0.3) is 0 Å². The molecule has 15 heavy (non-hydrogen) atoms. The van der Waals surface area contributed by atoms with E-state index in [-0.39, 0.29) is 12.5 Å². The SMILES string of the molecule is CC(=O)NC[C@H]1CCCN(CC(=O)O)C1. The molecule has 0 radical (unpaired) electrons. The number of hydrogen-bond acceptors (Lipinski definition) is 3. The van der Waals surface area contributed by atoms with Gasteiger partial charge in [-0.1, -0.05) is 0 Å². The Labute approximate surface area is 89.4 Å². The van der Waals surface area contributed by atoms with E-state index in [9.17, 15) is 9.59 Å². The van der Waals surface area contributed by atoms with Crippen molar-refractivity contribution in [3.63, 3.8) is 0 Å². The Hall–Kier alpha value is -1.10. The van der Waals surface area contributed by atoms with E-state index < -0.39 is 5.97 Å². The molecule has 86 valence electrons. The monoisotopic (exact) mass is 214 g/mol. The minimum Gasteiger partial charge on any atom is -0.480 e. The highest BCUT2D eigenvalue weighted by atomic mass is 16.4. The summed E-state index contributed by atoms with van der Waals surface area (Å²) in [7, 11) is 0. The van der Waals surface area contributed by atoms with E-state index in [4.69, 9.17) is 5.11 Å². The molecule has 0 aromatic rings. The maximum Gasteiger partial charge on any atom is 0.317 e. The van der Waals surface area contributed by atoms with Crippen LogP contribution in [0.1, 0.15) is 19.8 Å². The topological polar surface area (TPSA) is 69.6 Å². The normalized spacial score (nSPS) is 22.3. The van der Waals surface area contributed by atoms with Crippen LogP contribution in [0.4, 0.5) is 0 Å². The van der Waals surface area contributed by atoms with Gasteiger partial charge in [0.1, 0.15) is 0 Å². The molecule has 1 rings (SSSR count). The molecule has 1 saturated heterocycles. The fraction of sp³-hybridized carbons (Fsp3) is 0.800. The largest absolute Gasteiger partial charge is 0.480 e. The number of carbonyl (C=O) groups is 2. The van der Waals surface area contributed by atoms with Crippen LogP contribution in [0.2, 0.25) is 0 Å². The van der Waals surface area contributed by atoms with Gasteiger partial charge in [0, 0.05) is 20.0 Å². The Bertz CT molecular complexity index is 243. The van der Waals surface area contributed by atoms with Gasteiger partial charge in [-0.3, -0.25) is 14.5 Å². The average Bonchev–Trinajstić information content (AvgIpc) is 2.14. The van der Waals surface area contributed by atoms with E-state index in [2.05, 4.69) is 5.32 Å². The smallest absolute Gasteiger partial charge is 0.317 e. The third kappa shape index (κ3) is 4.78. The van der Waals surface area contributed by atoms with Gasteiger partial charge in [0.05, 0.1) is 6.54 Å². The van der Waals surface area contributed by atoms with Crippen LogP contribution in [0.15, 0.2) is 0 Å². The van der Waals surface area contributed by atoms with Crippen LogP contribution in [-0.2, 0) is 9.59 Å². The number of likely N-dealkylation sites (tertiary alicyclic amines) is 1. The standard InChI is InChI=1S/C10H18N2O3/c1-8(13)11-5-9-3-2-4-12(6-9)7-10(14)15/h9H,2-7H2,1H3,(H,11,13)(H,14,15)/t9-/m1/s1. The van der Waals surface area contributed by atoms with E-state index in [1.807, 2.05) is 4.90 Å². The summed E-state index contributed by atoms with van der Waals surface area (Å²) in [6, 6.07) is 0. The van der Waals surface area contributed by atoms with Gasteiger partial charge in [-0.05, 0) is 25.3 Å². The zero-order valence-corrected chi connectivity index (χ0v) is 9.03. The summed E-state index contributed by atoms with van der Waals surface area (Å²) in [6.45, 7) is 3.88. The van der Waals surface area contributed by atoms with Crippen LogP contribution in [0.5, 0.6) is 0 Å². The second-order valence-electron chi connectivity index (χ2n) is 4.07. The average molecular weight is 214 g/mol. The predicted molar refractivity (Wildman–Crippen MR) is 55.5 cm³/mol. The lowest BCUT2D eigenvalue weighted by atomic mass is 9.98. The molecule has 0 aromatic carbocycles. The molecular weight excluding hydrogens is 196 g/mol. The van der Waals surface area contributed by atoms with Crippen molar-refractivity contribution in [2.45, 2.75) is 19.8 Å². The minimum absolute atomic E-state index is 0.0228. The lowest BCUT2D eigenvalue weighted by Crippen LogP contribution is -2.42. The van der Waals surface area contributed by atoms with Crippen LogP contribution in [-0.4, -0.2) is 48.1 Å². The van der Waals surface area contributed by atoms with Crippen molar-refractivity contribution in [1.82, 2.24) is 10.2 Å². The molecule has 0 spiro atoms. The molecule has 1 aliphatic heterocycles. The molecule has 0 unspecified atom stereocenters. The number of carbonyl (C=O) groups excluding carboxylic acids is 1. The Kier molecular flexibility index (Phi) is 4.55. The number of amides is 1. The number of nitrogens with one attached hydrogen (secondary N) is 1. The minimum atomic E-state index is -0.782. The Morgan fingerprint density at radius 2 is 2.27 bits per heavy atom. The molecule has 5 nitrogen and oxygen atoms in total. The number of aliphatic carboxylic acids is 1. The van der Waals surface area contributed by atoms with Crippen molar-refractivity contribution >= 4 is 11.9 Å². The highest BCUT2D eigenvalue weighted by Crippen LogP contribution is 2.15. The van der Waals surface area contributed by atoms with E-state index in [1.165, 1.54) is 6.92 Å². The summed E-state index contributed by atoms with van der Waals surface area (Å²) in [4.78, 5) is 23.2. The molecule has 1 heterocycles. The first-order valence-electron chi connectivity index (χ1n) is 5.26. The molecule has 0 bridgehead atoms. The summed E-state index contributed by atoms with van der Waals surface area (Å²) >= 11 is 0. The first-order valence-corrected chi connectivity index (χ1v) is 5.26. The van der Waals surface area contributed by atoms with Crippen molar-refractivity contribution < 1.29 is 14.7 Å². The number of rotatable bonds is 4. The zero-order valence-electron chi connectivity index (χ0n) is 9.03. The van der Waals surface area contributed by atoms with Gasteiger partial charge in [0.15, 0.2) is 0 Å². The van der Waals surface area contributed by atoms with E-state index in [1.54, 1.807) is 0 Å². The van der Waals surface area contributed by atoms with Gasteiger partial charge >= 0.3 is 5.97 Å². The first kappa shape index (κ1) is 12.0. The van der Waals surface area contributed by atoms with Crippen LogP contribution < -0.4 is 5.32 Å². The highest BCUT2D eigenvalue weighted by Gasteiger charge is 2.21. The maximum absolute atomic E-state index is 10.7. The van der Waals surface area contributed by atoms with Crippen molar-refractivity contribution in [2.24, 2.45) is 5.92 Å². The molecule has 0 saturated carbocycles. The van der Waals surface area contributed by atoms with Crippen molar-refractivity contribution in [1.29, 1.82) is 0 Å². The number of carboxylic acids is 1. The van der Waals surface area contributed by atoms with Gasteiger partial charge in [-0.25, -0.2) is 0 Å². The number of carboxylic acid groups (broad SMARTS) is 1. The summed E-state index contributed by atoms with van der Waals surface area (Å²) in [5.41, 5.74) is 0. The molecule has 2 N–H and O–H groups in total. The fourth-order valence-electron chi connectivity index (χ4n) is 1.94. The number of nitrogens with zero attached hydrogens (tertiary/aromatic N) is 1. The molecule has 0 aliphatic carbocycles. The lowest BCUT2D eigenvalue weighted by Gasteiger charge is -2.31. The van der Waals surface area contributed by atoms with E-state index >= 15 is 0 Å². The van der Waals surface area contributed by atoms with E-state index in [0.29, 0.717) is 12.5 Å². The highest BCUT2D eigenvalue weighted by molar-refractivity contribution is 5.72. The van der Waals surface area contributed by atoms with Crippen molar-refractivity contribution in [2.75, 3.05) is 26.2 Å². The summed E-state index contributed by atoms with van der Waals surface area (Å²) < 4.78 is 0. The molecule has 1 atom stereocenters. The quantitative estimate of drug-likeness (QED) is 0.686. The fourth-order valence-corrected chi connectivity index (χ4v) is 1.94. The summed E-state index contributed by atoms with van der Waals surface area (Å²) in [6.07, 6.45) is 2.08. The van der Waals surface area contributed by atoms with Crippen molar-refractivity contribution in [3.8, 4) is 0 Å². The zero-order chi connectivity index (χ0) is 11.3. The van der Waals surface area contributed by atoms with Gasteiger partial charge in [-0.2, -0.15) is 0 Å². The van der Waals surface area contributed by atoms with Crippen LogP contribution in [0, 0.1) is 5.92 Å². The molecule has 1 aliphatic rings. The van der Waals surface area contributed by atoms with Gasteiger partial charge in [-0.15, -0.1) is 0 Å². The maximum atomic E-state index is 10.7. The van der Waals surface area contributed by atoms with Gasteiger partial charge in [0.2, 0.25) is 5.91 Å². The Morgan fingerprint density at radius 1 is 1.53 bits per heavy atom. The molecule has 5 heteroatoms. The van der Waals surface area contributed by atoms with Gasteiger partial charge < -0.3 is 10.4 Å².